The summed E-state index contributed by atoms with van der Waals surface area (Å²) in [5, 5.41) is 0.0199. The van der Waals surface area contributed by atoms with Gasteiger partial charge in [0, 0.05) is 0 Å². The molecule has 1 atom stereocenters. The number of hydrogen-bond donors (Lipinski definition) is 1. The summed E-state index contributed by atoms with van der Waals surface area (Å²) in [4.78, 5) is 5.76. The zero-order valence-corrected chi connectivity index (χ0v) is 11.7. The van der Waals surface area contributed by atoms with Crippen molar-refractivity contribution in [1.82, 2.24) is 0 Å². The average molecular weight is 308 g/mol. The van der Waals surface area contributed by atoms with Gasteiger partial charge in [-0.3, -0.25) is 4.99 Å². The molecular weight excluding hydrogens is 296 g/mol. The molecule has 2 N–H and O–H groups in total. The first-order valence-corrected chi connectivity index (χ1v) is 6.74. The fourth-order valence-corrected chi connectivity index (χ4v) is 2.60. The van der Waals surface area contributed by atoms with Gasteiger partial charge < -0.3 is 10.6 Å². The molecule has 2 aromatic carbocycles. The van der Waals surface area contributed by atoms with Crippen LogP contribution in [-0.4, -0.2) is 12.5 Å². The normalized spacial score (nSPS) is 18.0. The number of halogens is 3. The smallest absolute Gasteiger partial charge is 0.196 e. The predicted molar refractivity (Wildman–Crippen MR) is 79.5 cm³/mol. The molecule has 0 bridgehead atoms. The van der Waals surface area contributed by atoms with Crippen LogP contribution in [0.2, 0.25) is 5.02 Å². The summed E-state index contributed by atoms with van der Waals surface area (Å²) in [5.74, 6) is -0.661. The Morgan fingerprint density at radius 3 is 2.62 bits per heavy atom. The SMILES string of the molecule is NC1=NCC(c2ccc(F)c(Cl)c2)N1c1ccccc1F. The molecule has 0 aromatic heterocycles. The van der Waals surface area contributed by atoms with E-state index in [2.05, 4.69) is 4.99 Å². The van der Waals surface area contributed by atoms with E-state index < -0.39 is 11.6 Å². The lowest BCUT2D eigenvalue weighted by molar-refractivity contribution is 0.616. The average Bonchev–Trinajstić information content (AvgIpc) is 2.84. The number of nitrogens with zero attached hydrogens (tertiary/aromatic N) is 2. The molecule has 108 valence electrons. The molecule has 0 amide bonds. The lowest BCUT2D eigenvalue weighted by Crippen LogP contribution is -2.36. The predicted octanol–water partition coefficient (Wildman–Crippen LogP) is 3.49. The third kappa shape index (κ3) is 2.45. The third-order valence-electron chi connectivity index (χ3n) is 3.43. The molecule has 3 rings (SSSR count). The van der Waals surface area contributed by atoms with Crippen LogP contribution in [0.15, 0.2) is 47.5 Å². The summed E-state index contributed by atoms with van der Waals surface area (Å²) in [6, 6.07) is 10.4. The molecule has 1 aliphatic heterocycles. The van der Waals surface area contributed by atoms with Crippen molar-refractivity contribution >= 4 is 23.2 Å². The minimum atomic E-state index is -0.496. The monoisotopic (exact) mass is 307 g/mol. The van der Waals surface area contributed by atoms with E-state index in [1.165, 1.54) is 18.2 Å². The molecular formula is C15H12ClF2N3. The number of hydrogen-bond acceptors (Lipinski definition) is 3. The number of aliphatic imine (C=N–C) groups is 1. The van der Waals surface area contributed by atoms with E-state index in [4.69, 9.17) is 17.3 Å². The quantitative estimate of drug-likeness (QED) is 0.922. The molecule has 0 aliphatic carbocycles. The van der Waals surface area contributed by atoms with Crippen LogP contribution in [0.5, 0.6) is 0 Å². The van der Waals surface area contributed by atoms with E-state index >= 15 is 0 Å². The van der Waals surface area contributed by atoms with Gasteiger partial charge in [0.15, 0.2) is 5.96 Å². The van der Waals surface area contributed by atoms with Crippen molar-refractivity contribution in [3.8, 4) is 0 Å². The Morgan fingerprint density at radius 2 is 1.90 bits per heavy atom. The van der Waals surface area contributed by atoms with E-state index in [9.17, 15) is 8.78 Å². The topological polar surface area (TPSA) is 41.6 Å². The van der Waals surface area contributed by atoms with Crippen LogP contribution in [0.4, 0.5) is 14.5 Å². The van der Waals surface area contributed by atoms with Gasteiger partial charge in [-0.15, -0.1) is 0 Å². The fourth-order valence-electron chi connectivity index (χ4n) is 2.41. The molecule has 0 saturated heterocycles. The molecule has 6 heteroatoms. The number of rotatable bonds is 2. The van der Waals surface area contributed by atoms with Crippen molar-refractivity contribution in [2.24, 2.45) is 10.7 Å². The van der Waals surface area contributed by atoms with Gasteiger partial charge in [0.25, 0.3) is 0 Å². The summed E-state index contributed by atoms with van der Waals surface area (Å²) in [5.41, 5.74) is 6.94. The number of guanidine groups is 1. The Labute approximate surface area is 125 Å². The molecule has 0 saturated carbocycles. The first-order valence-electron chi connectivity index (χ1n) is 6.36. The summed E-state index contributed by atoms with van der Waals surface area (Å²) < 4.78 is 27.3. The van der Waals surface area contributed by atoms with Gasteiger partial charge in [0.2, 0.25) is 0 Å². The highest BCUT2D eigenvalue weighted by atomic mass is 35.5. The summed E-state index contributed by atoms with van der Waals surface area (Å²) in [6.07, 6.45) is 0. The van der Waals surface area contributed by atoms with E-state index in [1.54, 1.807) is 29.2 Å². The summed E-state index contributed by atoms with van der Waals surface area (Å²) in [6.45, 7) is 0.363. The highest BCUT2D eigenvalue weighted by Crippen LogP contribution is 2.33. The Morgan fingerprint density at radius 1 is 1.14 bits per heavy atom. The minimum absolute atomic E-state index is 0.0199. The van der Waals surface area contributed by atoms with Crippen LogP contribution in [0, 0.1) is 11.6 Å². The van der Waals surface area contributed by atoms with Crippen molar-refractivity contribution in [3.05, 3.63) is 64.7 Å². The van der Waals surface area contributed by atoms with Crippen LogP contribution in [0.3, 0.4) is 0 Å². The van der Waals surface area contributed by atoms with Crippen molar-refractivity contribution < 1.29 is 8.78 Å². The zero-order valence-electron chi connectivity index (χ0n) is 10.9. The lowest BCUT2D eigenvalue weighted by Gasteiger charge is -2.27. The maximum absolute atomic E-state index is 14.0. The highest BCUT2D eigenvalue weighted by Gasteiger charge is 2.30. The Balaban J connectivity index is 2.03. The molecule has 2 aromatic rings. The zero-order chi connectivity index (χ0) is 15.0. The molecule has 21 heavy (non-hydrogen) atoms. The van der Waals surface area contributed by atoms with Crippen LogP contribution >= 0.6 is 11.6 Å². The number of para-hydroxylation sites is 1. The second-order valence-electron chi connectivity index (χ2n) is 4.71. The minimum Gasteiger partial charge on any atom is -0.369 e. The Bertz CT molecular complexity index is 718. The first-order chi connectivity index (χ1) is 10.1. The van der Waals surface area contributed by atoms with Gasteiger partial charge in [-0.1, -0.05) is 29.8 Å². The second-order valence-corrected chi connectivity index (χ2v) is 5.12. The van der Waals surface area contributed by atoms with E-state index in [0.29, 0.717) is 12.2 Å². The van der Waals surface area contributed by atoms with Gasteiger partial charge in [0.1, 0.15) is 11.6 Å². The van der Waals surface area contributed by atoms with Crippen molar-refractivity contribution in [2.45, 2.75) is 6.04 Å². The van der Waals surface area contributed by atoms with Crippen LogP contribution in [-0.2, 0) is 0 Å². The van der Waals surface area contributed by atoms with Crippen LogP contribution in [0.1, 0.15) is 11.6 Å². The molecule has 0 spiro atoms. The molecule has 1 unspecified atom stereocenters. The molecule has 1 heterocycles. The first kappa shape index (κ1) is 13.8. The van der Waals surface area contributed by atoms with E-state index in [1.807, 2.05) is 0 Å². The van der Waals surface area contributed by atoms with Gasteiger partial charge in [-0.05, 0) is 29.8 Å². The summed E-state index contributed by atoms with van der Waals surface area (Å²) in [7, 11) is 0. The maximum atomic E-state index is 14.0. The highest BCUT2D eigenvalue weighted by molar-refractivity contribution is 6.30. The van der Waals surface area contributed by atoms with E-state index in [-0.39, 0.29) is 17.0 Å². The lowest BCUT2D eigenvalue weighted by atomic mass is 10.1. The number of nitrogens with two attached hydrogens (primary N) is 1. The Kier molecular flexibility index (Phi) is 3.51. The van der Waals surface area contributed by atoms with Crippen molar-refractivity contribution in [2.75, 3.05) is 11.4 Å². The number of benzene rings is 2. The van der Waals surface area contributed by atoms with Gasteiger partial charge in [0.05, 0.1) is 23.3 Å². The third-order valence-corrected chi connectivity index (χ3v) is 3.71. The van der Waals surface area contributed by atoms with Gasteiger partial charge in [-0.25, -0.2) is 8.78 Å². The molecule has 1 aliphatic rings. The Hall–Kier alpha value is -2.14. The second kappa shape index (κ2) is 5.33. The fraction of sp³-hybridized carbons (Fsp3) is 0.133. The van der Waals surface area contributed by atoms with E-state index in [0.717, 1.165) is 5.56 Å². The van der Waals surface area contributed by atoms with Gasteiger partial charge >= 0.3 is 0 Å². The number of anilines is 1. The molecule has 0 fully saturated rings. The largest absolute Gasteiger partial charge is 0.369 e. The van der Waals surface area contributed by atoms with Gasteiger partial charge in [-0.2, -0.15) is 0 Å². The molecule has 0 radical (unpaired) electrons. The van der Waals surface area contributed by atoms with Crippen molar-refractivity contribution in [1.29, 1.82) is 0 Å². The standard InChI is InChI=1S/C15H12ClF2N3/c16-10-7-9(5-6-11(10)17)14-8-20-15(19)21(14)13-4-2-1-3-12(13)18/h1-7,14H,8H2,(H2,19,20). The molecule has 3 nitrogen and oxygen atoms in total. The van der Waals surface area contributed by atoms with Crippen LogP contribution < -0.4 is 10.6 Å². The summed E-state index contributed by atoms with van der Waals surface area (Å²) >= 11 is 5.82. The van der Waals surface area contributed by atoms with Crippen molar-refractivity contribution in [3.63, 3.8) is 0 Å². The van der Waals surface area contributed by atoms with Crippen LogP contribution in [0.25, 0.3) is 0 Å². The maximum Gasteiger partial charge on any atom is 0.196 e.